The number of hydrogen-bond donors (Lipinski definition) is 2. The molecule has 1 aliphatic rings. The second kappa shape index (κ2) is 9.44. The molecule has 0 aromatic carbocycles. The monoisotopic (exact) mass is 434 g/mol. The summed E-state index contributed by atoms with van der Waals surface area (Å²) in [5.41, 5.74) is 0. The van der Waals surface area contributed by atoms with E-state index in [4.69, 9.17) is 0 Å². The molecule has 1 fully saturated rings. The van der Waals surface area contributed by atoms with Crippen LogP contribution in [0.3, 0.4) is 0 Å². The molecule has 0 saturated heterocycles. The van der Waals surface area contributed by atoms with Crippen molar-refractivity contribution in [3.8, 4) is 0 Å². The third-order valence-corrected chi connectivity index (χ3v) is 4.88. The number of halogens is 1. The number of nitrogens with one attached hydrogen (secondary N) is 2. The number of guanidine groups is 1. The van der Waals surface area contributed by atoms with E-state index in [0.717, 1.165) is 29.4 Å². The Bertz CT molecular complexity index is 503. The van der Waals surface area contributed by atoms with Crippen LogP contribution in [0.1, 0.15) is 51.2 Å². The van der Waals surface area contributed by atoms with Gasteiger partial charge in [-0.25, -0.2) is 0 Å². The fourth-order valence-corrected chi connectivity index (χ4v) is 3.09. The van der Waals surface area contributed by atoms with Crippen LogP contribution in [0.15, 0.2) is 4.99 Å². The summed E-state index contributed by atoms with van der Waals surface area (Å²) in [5.74, 6) is 4.39. The zero-order valence-electron chi connectivity index (χ0n) is 15.0. The highest BCUT2D eigenvalue weighted by Gasteiger charge is 2.23. The Hall–Kier alpha value is -0.860. The predicted molar refractivity (Wildman–Crippen MR) is 105 cm³/mol. The van der Waals surface area contributed by atoms with Gasteiger partial charge in [-0.3, -0.25) is 4.99 Å². The molecule has 23 heavy (non-hydrogen) atoms. The molecule has 7 heteroatoms. The molecule has 1 saturated carbocycles. The summed E-state index contributed by atoms with van der Waals surface area (Å²) < 4.78 is 1.99. The topological polar surface area (TPSA) is 67.1 Å². The summed E-state index contributed by atoms with van der Waals surface area (Å²) in [6, 6.07) is 0.530. The lowest BCUT2D eigenvalue weighted by molar-refractivity contribution is 0.250. The number of rotatable bonds is 4. The molecule has 6 nitrogen and oxygen atoms in total. The van der Waals surface area contributed by atoms with Crippen molar-refractivity contribution < 1.29 is 0 Å². The Morgan fingerprint density at radius 3 is 2.39 bits per heavy atom. The first-order valence-electron chi connectivity index (χ1n) is 8.33. The largest absolute Gasteiger partial charge is 0.354 e. The second-order valence-electron chi connectivity index (χ2n) is 6.65. The fourth-order valence-electron chi connectivity index (χ4n) is 3.09. The van der Waals surface area contributed by atoms with E-state index in [1.807, 2.05) is 25.6 Å². The maximum absolute atomic E-state index is 4.32. The van der Waals surface area contributed by atoms with E-state index in [1.54, 1.807) is 0 Å². The van der Waals surface area contributed by atoms with Gasteiger partial charge in [0, 0.05) is 20.1 Å². The number of aryl methyl sites for hydroxylation is 1. The van der Waals surface area contributed by atoms with Crippen molar-refractivity contribution in [1.82, 2.24) is 25.4 Å². The molecule has 0 spiro atoms. The van der Waals surface area contributed by atoms with Crippen molar-refractivity contribution in [2.45, 2.75) is 59.0 Å². The first-order valence-corrected chi connectivity index (χ1v) is 8.33. The summed E-state index contributed by atoms with van der Waals surface area (Å²) in [7, 11) is 3.80. The molecule has 1 aliphatic carbocycles. The van der Waals surface area contributed by atoms with Crippen molar-refractivity contribution in [1.29, 1.82) is 0 Å². The third-order valence-electron chi connectivity index (χ3n) is 4.88. The minimum Gasteiger partial charge on any atom is -0.354 e. The zero-order chi connectivity index (χ0) is 16.1. The Morgan fingerprint density at radius 2 is 1.91 bits per heavy atom. The number of nitrogens with zero attached hydrogens (tertiary/aromatic N) is 4. The average Bonchev–Trinajstić information content (AvgIpc) is 2.83. The van der Waals surface area contributed by atoms with Crippen molar-refractivity contribution >= 4 is 29.9 Å². The molecule has 1 aromatic heterocycles. The Morgan fingerprint density at radius 1 is 1.26 bits per heavy atom. The Kier molecular flexibility index (Phi) is 8.28. The average molecular weight is 434 g/mol. The standard InChI is InChI=1S/C16H30N6.HI/c1-11(2)13-6-8-14(9-7-13)19-16(17-4)18-10-15-21-20-12(3)22(15)5;/h11,13-14H,6-10H2,1-5H3,(H2,17,18,19);1H. The van der Waals surface area contributed by atoms with Gasteiger partial charge in [-0.2, -0.15) is 0 Å². The second-order valence-corrected chi connectivity index (χ2v) is 6.65. The van der Waals surface area contributed by atoms with Gasteiger partial charge in [0.25, 0.3) is 0 Å². The molecule has 0 radical (unpaired) electrons. The first-order chi connectivity index (χ1) is 10.5. The lowest BCUT2D eigenvalue weighted by atomic mass is 9.80. The number of hydrogen-bond acceptors (Lipinski definition) is 3. The van der Waals surface area contributed by atoms with Gasteiger partial charge in [-0.1, -0.05) is 13.8 Å². The zero-order valence-corrected chi connectivity index (χ0v) is 17.3. The first kappa shape index (κ1) is 20.2. The smallest absolute Gasteiger partial charge is 0.191 e. The molecular weight excluding hydrogens is 403 g/mol. The Balaban J connectivity index is 0.00000264. The van der Waals surface area contributed by atoms with Crippen molar-refractivity contribution in [2.75, 3.05) is 7.05 Å². The van der Waals surface area contributed by atoms with E-state index in [-0.39, 0.29) is 24.0 Å². The Labute approximate surface area is 157 Å². The molecule has 0 aliphatic heterocycles. The number of aliphatic imine (C=N–C) groups is 1. The SMILES string of the molecule is CN=C(NCc1nnc(C)n1C)NC1CCC(C(C)C)CC1.I. The van der Waals surface area contributed by atoms with Crippen LogP contribution in [0.25, 0.3) is 0 Å². The highest BCUT2D eigenvalue weighted by atomic mass is 127. The highest BCUT2D eigenvalue weighted by Crippen LogP contribution is 2.29. The summed E-state index contributed by atoms with van der Waals surface area (Å²) >= 11 is 0. The van der Waals surface area contributed by atoms with Crippen LogP contribution < -0.4 is 10.6 Å². The van der Waals surface area contributed by atoms with Crippen LogP contribution >= 0.6 is 24.0 Å². The highest BCUT2D eigenvalue weighted by molar-refractivity contribution is 14.0. The van der Waals surface area contributed by atoms with E-state index in [1.165, 1.54) is 25.7 Å². The fraction of sp³-hybridized carbons (Fsp3) is 0.812. The quantitative estimate of drug-likeness (QED) is 0.435. The maximum Gasteiger partial charge on any atom is 0.191 e. The lowest BCUT2D eigenvalue weighted by Crippen LogP contribution is -2.45. The summed E-state index contributed by atoms with van der Waals surface area (Å²) in [5, 5.41) is 15.1. The molecule has 0 atom stereocenters. The van der Waals surface area contributed by atoms with Gasteiger partial charge in [0.05, 0.1) is 6.54 Å². The lowest BCUT2D eigenvalue weighted by Gasteiger charge is -2.32. The van der Waals surface area contributed by atoms with Crippen LogP contribution in [0, 0.1) is 18.8 Å². The summed E-state index contributed by atoms with van der Waals surface area (Å²) in [6.45, 7) is 7.26. The van der Waals surface area contributed by atoms with Crippen molar-refractivity contribution in [3.63, 3.8) is 0 Å². The van der Waals surface area contributed by atoms with Crippen LogP contribution in [-0.4, -0.2) is 33.8 Å². The van der Waals surface area contributed by atoms with Crippen molar-refractivity contribution in [3.05, 3.63) is 11.6 Å². The number of aromatic nitrogens is 3. The summed E-state index contributed by atoms with van der Waals surface area (Å²) in [6.07, 6.45) is 5.09. The van der Waals surface area contributed by atoms with Crippen LogP contribution in [0.4, 0.5) is 0 Å². The maximum atomic E-state index is 4.32. The van der Waals surface area contributed by atoms with E-state index < -0.39 is 0 Å². The van der Waals surface area contributed by atoms with Gasteiger partial charge < -0.3 is 15.2 Å². The van der Waals surface area contributed by atoms with Gasteiger partial charge in [-0.15, -0.1) is 34.2 Å². The molecule has 0 unspecified atom stereocenters. The van der Waals surface area contributed by atoms with Crippen LogP contribution in [-0.2, 0) is 13.6 Å². The molecule has 1 heterocycles. The molecule has 0 bridgehead atoms. The predicted octanol–water partition coefficient (Wildman–Crippen LogP) is 2.62. The van der Waals surface area contributed by atoms with Crippen LogP contribution in [0.5, 0.6) is 0 Å². The van der Waals surface area contributed by atoms with Gasteiger partial charge in [-0.05, 0) is 44.4 Å². The van der Waals surface area contributed by atoms with E-state index >= 15 is 0 Å². The van der Waals surface area contributed by atoms with Gasteiger partial charge in [0.1, 0.15) is 5.82 Å². The van der Waals surface area contributed by atoms with Crippen LogP contribution in [0.2, 0.25) is 0 Å². The van der Waals surface area contributed by atoms with E-state index in [0.29, 0.717) is 12.6 Å². The molecule has 2 rings (SSSR count). The van der Waals surface area contributed by atoms with E-state index in [2.05, 4.69) is 39.7 Å². The summed E-state index contributed by atoms with van der Waals surface area (Å²) in [4.78, 5) is 4.32. The van der Waals surface area contributed by atoms with Gasteiger partial charge in [0.2, 0.25) is 0 Å². The molecule has 0 amide bonds. The molecule has 132 valence electrons. The normalized spacial score (nSPS) is 21.9. The third kappa shape index (κ3) is 5.61. The van der Waals surface area contributed by atoms with E-state index in [9.17, 15) is 0 Å². The molecular formula is C16H31IN6. The molecule has 2 N–H and O–H groups in total. The molecule has 1 aromatic rings. The van der Waals surface area contributed by atoms with Gasteiger partial charge >= 0.3 is 0 Å². The van der Waals surface area contributed by atoms with Crippen molar-refractivity contribution in [2.24, 2.45) is 23.9 Å². The minimum absolute atomic E-state index is 0. The minimum atomic E-state index is 0. The van der Waals surface area contributed by atoms with Gasteiger partial charge in [0.15, 0.2) is 11.8 Å².